The van der Waals surface area contributed by atoms with Crippen LogP contribution in [0.3, 0.4) is 0 Å². The minimum atomic E-state index is -4.46. The van der Waals surface area contributed by atoms with Crippen molar-refractivity contribution in [2.75, 3.05) is 0 Å². The molecule has 0 aromatic rings. The lowest BCUT2D eigenvalue weighted by Gasteiger charge is -2.18. The van der Waals surface area contributed by atoms with Gasteiger partial charge in [0.2, 0.25) is 0 Å². The number of hydrogen-bond donors (Lipinski definition) is 1. The summed E-state index contributed by atoms with van der Waals surface area (Å²) in [5.41, 5.74) is -0.593. The van der Waals surface area contributed by atoms with Crippen LogP contribution >= 0.6 is 0 Å². The number of rotatable bonds is 0. The van der Waals surface area contributed by atoms with E-state index in [1.54, 1.807) is 0 Å². The van der Waals surface area contributed by atoms with Crippen molar-refractivity contribution in [1.29, 1.82) is 0 Å². The van der Waals surface area contributed by atoms with Gasteiger partial charge in [0.25, 0.3) is 0 Å². The third-order valence-corrected chi connectivity index (χ3v) is 2.48. The molecule has 1 aliphatic heterocycles. The zero-order valence-electron chi connectivity index (χ0n) is 8.93. The highest BCUT2D eigenvalue weighted by atomic mass is 19.4. The van der Waals surface area contributed by atoms with Gasteiger partial charge in [-0.1, -0.05) is 6.08 Å². The Morgan fingerprint density at radius 1 is 1.06 bits per heavy atom. The van der Waals surface area contributed by atoms with Gasteiger partial charge in [-0.2, -0.15) is 13.2 Å². The number of nitrogens with one attached hydrogen (secondary N) is 1. The molecule has 0 bridgehead atoms. The molecule has 0 saturated carbocycles. The van der Waals surface area contributed by atoms with Crippen LogP contribution in [-0.4, -0.2) is 12.3 Å². The van der Waals surface area contributed by atoms with E-state index in [1.165, 1.54) is 6.08 Å². The predicted octanol–water partition coefficient (Wildman–Crippen LogP) is 3.61. The summed E-state index contributed by atoms with van der Waals surface area (Å²) in [6.45, 7) is 0. The lowest BCUT2D eigenvalue weighted by atomic mass is 10.0. The van der Waals surface area contributed by atoms with Crippen LogP contribution in [0.1, 0.15) is 0 Å². The molecule has 18 heavy (non-hydrogen) atoms. The quantitative estimate of drug-likeness (QED) is 0.657. The van der Waals surface area contributed by atoms with E-state index in [4.69, 9.17) is 0 Å². The molecule has 0 aromatic carbocycles. The summed E-state index contributed by atoms with van der Waals surface area (Å²) in [4.78, 5) is 0. The van der Waals surface area contributed by atoms with Gasteiger partial charge in [0.1, 0.15) is 12.0 Å². The van der Waals surface area contributed by atoms with Crippen LogP contribution in [-0.2, 0) is 0 Å². The first-order valence-electron chi connectivity index (χ1n) is 5.03. The lowest BCUT2D eigenvalue weighted by molar-refractivity contribution is -0.0886. The van der Waals surface area contributed by atoms with Crippen LogP contribution in [0.2, 0.25) is 0 Å². The van der Waals surface area contributed by atoms with Crippen molar-refractivity contribution in [3.63, 3.8) is 0 Å². The highest BCUT2D eigenvalue weighted by Gasteiger charge is 2.33. The molecule has 1 aliphatic carbocycles. The maximum Gasteiger partial charge on any atom is 0.417 e. The Morgan fingerprint density at radius 2 is 1.78 bits per heavy atom. The zero-order valence-corrected chi connectivity index (χ0v) is 8.93. The molecule has 0 spiro atoms. The molecule has 0 aromatic heterocycles. The summed E-state index contributed by atoms with van der Waals surface area (Å²) in [7, 11) is 0. The summed E-state index contributed by atoms with van der Waals surface area (Å²) in [5, 5.41) is 2.36. The molecule has 2 aliphatic rings. The predicted molar refractivity (Wildman–Crippen MR) is 56.7 cm³/mol. The van der Waals surface area contributed by atoms with Crippen molar-refractivity contribution in [2.24, 2.45) is 0 Å². The van der Waals surface area contributed by atoms with Crippen LogP contribution in [0.15, 0.2) is 59.3 Å². The topological polar surface area (TPSA) is 12.0 Å². The second kappa shape index (κ2) is 4.44. The summed E-state index contributed by atoms with van der Waals surface area (Å²) in [5.74, 6) is -0.710. The van der Waals surface area contributed by atoms with Gasteiger partial charge in [-0.05, 0) is 24.3 Å². The maximum absolute atomic E-state index is 13.5. The van der Waals surface area contributed by atoms with Crippen LogP contribution in [0.25, 0.3) is 0 Å². The van der Waals surface area contributed by atoms with E-state index >= 15 is 0 Å². The maximum atomic E-state index is 13.5. The largest absolute Gasteiger partial charge is 0.417 e. The van der Waals surface area contributed by atoms with E-state index in [2.05, 4.69) is 5.32 Å². The monoisotopic (exact) mass is 261 g/mol. The second-order valence-electron chi connectivity index (χ2n) is 3.73. The Morgan fingerprint density at radius 3 is 2.28 bits per heavy atom. The summed E-state index contributed by atoms with van der Waals surface area (Å²) < 4.78 is 63.1. The number of dihydropyridines is 1. The molecule has 2 rings (SSSR count). The number of hydrogen-bond acceptors (Lipinski definition) is 1. The van der Waals surface area contributed by atoms with Crippen molar-refractivity contribution in [3.05, 3.63) is 59.3 Å². The Hall–Kier alpha value is -1.85. The number of halogens is 5. The average molecular weight is 261 g/mol. The Balaban J connectivity index is 2.24. The lowest BCUT2D eigenvalue weighted by Crippen LogP contribution is -2.20. The third-order valence-electron chi connectivity index (χ3n) is 2.48. The summed E-state index contributed by atoms with van der Waals surface area (Å²) in [6, 6.07) is 0. The normalized spacial score (nSPS) is 27.7. The van der Waals surface area contributed by atoms with Crippen LogP contribution < -0.4 is 5.32 Å². The van der Waals surface area contributed by atoms with Crippen LogP contribution in [0.5, 0.6) is 0 Å². The minimum Gasteiger partial charge on any atom is -0.361 e. The minimum absolute atomic E-state index is 0.0881. The van der Waals surface area contributed by atoms with Gasteiger partial charge in [-0.3, -0.25) is 0 Å². The molecule has 1 N–H and O–H groups in total. The van der Waals surface area contributed by atoms with Gasteiger partial charge in [0.05, 0.1) is 5.57 Å². The zero-order chi connectivity index (χ0) is 13.3. The fraction of sp³-hybridized carbons (Fsp3) is 0.167. The molecular weight excluding hydrogens is 253 g/mol. The first-order chi connectivity index (χ1) is 8.38. The molecule has 1 nitrogen and oxygen atoms in total. The molecule has 0 amide bonds. The number of alkyl halides is 4. The van der Waals surface area contributed by atoms with Crippen LogP contribution in [0.4, 0.5) is 22.0 Å². The summed E-state index contributed by atoms with van der Waals surface area (Å²) in [6.07, 6.45) is -0.430. The van der Waals surface area contributed by atoms with Gasteiger partial charge in [-0.25, -0.2) is 8.78 Å². The molecule has 1 heterocycles. The molecule has 96 valence electrons. The van der Waals surface area contributed by atoms with E-state index in [9.17, 15) is 22.0 Å². The van der Waals surface area contributed by atoms with E-state index in [-0.39, 0.29) is 11.3 Å². The van der Waals surface area contributed by atoms with Gasteiger partial charge < -0.3 is 5.32 Å². The van der Waals surface area contributed by atoms with Gasteiger partial charge in [0, 0.05) is 17.5 Å². The Labute approximate surface area is 99.7 Å². The van der Waals surface area contributed by atoms with Crippen molar-refractivity contribution in [2.45, 2.75) is 12.3 Å². The van der Waals surface area contributed by atoms with Crippen molar-refractivity contribution < 1.29 is 22.0 Å². The molecular formula is C12H8F5N. The summed E-state index contributed by atoms with van der Waals surface area (Å²) >= 11 is 0. The highest BCUT2D eigenvalue weighted by molar-refractivity contribution is 5.47. The van der Waals surface area contributed by atoms with E-state index in [1.807, 2.05) is 0 Å². The van der Waals surface area contributed by atoms with E-state index in [0.29, 0.717) is 0 Å². The van der Waals surface area contributed by atoms with Gasteiger partial charge in [-0.15, -0.1) is 0 Å². The fourth-order valence-electron chi connectivity index (χ4n) is 1.57. The van der Waals surface area contributed by atoms with Gasteiger partial charge >= 0.3 is 6.18 Å². The molecule has 0 saturated heterocycles. The number of allylic oxidation sites excluding steroid dienone is 8. The fourth-order valence-corrected chi connectivity index (χ4v) is 1.57. The molecule has 1 atom stereocenters. The second-order valence-corrected chi connectivity index (χ2v) is 3.73. The molecule has 1 unspecified atom stereocenters. The Bertz CT molecular complexity index is 505. The molecule has 0 radical (unpaired) electrons. The Kier molecular flexibility index (Phi) is 3.11. The first kappa shape index (κ1) is 12.6. The SMILES string of the molecule is FC1=CC(F)C(=C2C=CC(C(F)(F)F)=CN2)C=C1. The smallest absolute Gasteiger partial charge is 0.361 e. The highest BCUT2D eigenvalue weighted by Crippen LogP contribution is 2.30. The van der Waals surface area contributed by atoms with Crippen molar-refractivity contribution >= 4 is 0 Å². The first-order valence-corrected chi connectivity index (χ1v) is 5.03. The van der Waals surface area contributed by atoms with E-state index < -0.39 is 23.7 Å². The molecule has 0 fully saturated rings. The third kappa shape index (κ3) is 2.52. The molecule has 6 heteroatoms. The average Bonchev–Trinajstić information content (AvgIpc) is 2.28. The van der Waals surface area contributed by atoms with Crippen LogP contribution in [0, 0.1) is 0 Å². The van der Waals surface area contributed by atoms with Gasteiger partial charge in [0.15, 0.2) is 0 Å². The standard InChI is InChI=1S/C12H8F5N/c13-8-2-3-9(10(14)5-8)11-4-1-7(6-18-11)12(15,16)17/h1-6,10,18H. The van der Waals surface area contributed by atoms with Crippen molar-refractivity contribution in [1.82, 2.24) is 5.32 Å². The van der Waals surface area contributed by atoms with Crippen molar-refractivity contribution in [3.8, 4) is 0 Å². The van der Waals surface area contributed by atoms with E-state index in [0.717, 1.165) is 30.5 Å².